The van der Waals surface area contributed by atoms with Gasteiger partial charge in [-0.1, -0.05) is 12.8 Å². The Morgan fingerprint density at radius 1 is 1.40 bits per heavy atom. The third-order valence-electron chi connectivity index (χ3n) is 2.66. The summed E-state index contributed by atoms with van der Waals surface area (Å²) < 4.78 is 0. The topological polar surface area (TPSA) is 78.4 Å². The molecule has 0 saturated heterocycles. The highest BCUT2D eigenvalue weighted by Crippen LogP contribution is 2.17. The Morgan fingerprint density at radius 3 is 2.53 bits per heavy atom. The van der Waals surface area contributed by atoms with Gasteiger partial charge in [0.25, 0.3) is 0 Å². The van der Waals surface area contributed by atoms with Gasteiger partial charge in [-0.15, -0.1) is 0 Å². The molecule has 86 valence electrons. The van der Waals surface area contributed by atoms with Gasteiger partial charge in [-0.05, 0) is 19.8 Å². The van der Waals surface area contributed by atoms with E-state index in [4.69, 9.17) is 5.11 Å². The quantitative estimate of drug-likeness (QED) is 0.607. The smallest absolute Gasteiger partial charge is 0.320 e. The second-order valence-corrected chi connectivity index (χ2v) is 3.99. The Labute approximate surface area is 89.2 Å². The van der Waals surface area contributed by atoms with Crippen molar-refractivity contribution in [2.24, 2.45) is 0 Å². The summed E-state index contributed by atoms with van der Waals surface area (Å²) in [6, 6.07) is -0.390. The predicted molar refractivity (Wildman–Crippen MR) is 55.5 cm³/mol. The molecule has 0 unspecified atom stereocenters. The predicted octanol–water partition coefficient (Wildman–Crippen LogP) is 0.108. The fraction of sp³-hybridized carbons (Fsp3) is 0.800. The maximum absolute atomic E-state index is 11.4. The zero-order valence-corrected chi connectivity index (χ0v) is 8.95. The number of amides is 1. The minimum absolute atomic E-state index is 0.0734. The normalized spacial score (nSPS) is 18.7. The van der Waals surface area contributed by atoms with E-state index in [2.05, 4.69) is 10.6 Å². The van der Waals surface area contributed by atoms with Crippen LogP contribution in [0.2, 0.25) is 0 Å². The van der Waals surface area contributed by atoms with Gasteiger partial charge < -0.3 is 10.4 Å². The molecule has 0 aromatic heterocycles. The van der Waals surface area contributed by atoms with E-state index in [0.29, 0.717) is 6.04 Å². The molecule has 1 rings (SSSR count). The van der Waals surface area contributed by atoms with E-state index in [1.807, 2.05) is 0 Å². The monoisotopic (exact) mass is 214 g/mol. The summed E-state index contributed by atoms with van der Waals surface area (Å²) in [6.07, 6.45) is 4.42. The molecule has 0 bridgehead atoms. The van der Waals surface area contributed by atoms with Crippen LogP contribution in [0, 0.1) is 0 Å². The van der Waals surface area contributed by atoms with Crippen LogP contribution in [-0.2, 0) is 9.59 Å². The van der Waals surface area contributed by atoms with E-state index < -0.39 is 12.0 Å². The molecule has 5 heteroatoms. The fourth-order valence-corrected chi connectivity index (χ4v) is 1.68. The number of carbonyl (C=O) groups excluding carboxylic acids is 1. The number of nitrogens with one attached hydrogen (secondary N) is 2. The van der Waals surface area contributed by atoms with Gasteiger partial charge in [-0.25, -0.2) is 0 Å². The molecule has 0 radical (unpaired) electrons. The molecule has 5 nitrogen and oxygen atoms in total. The lowest BCUT2D eigenvalue weighted by Gasteiger charge is -2.13. The number of carboxylic acid groups (broad SMARTS) is 1. The zero-order chi connectivity index (χ0) is 11.3. The molecule has 1 atom stereocenters. The first-order chi connectivity index (χ1) is 7.09. The molecule has 0 spiro atoms. The molecule has 1 saturated carbocycles. The maximum atomic E-state index is 11.4. The molecular weight excluding hydrogens is 196 g/mol. The first-order valence-corrected chi connectivity index (χ1v) is 5.35. The first kappa shape index (κ1) is 12.0. The van der Waals surface area contributed by atoms with E-state index in [0.717, 1.165) is 12.8 Å². The highest BCUT2D eigenvalue weighted by molar-refractivity contribution is 5.80. The van der Waals surface area contributed by atoms with Crippen LogP contribution in [0.5, 0.6) is 0 Å². The van der Waals surface area contributed by atoms with E-state index >= 15 is 0 Å². The molecule has 15 heavy (non-hydrogen) atoms. The molecule has 0 heterocycles. The second kappa shape index (κ2) is 5.70. The van der Waals surface area contributed by atoms with Crippen molar-refractivity contribution in [3.63, 3.8) is 0 Å². The van der Waals surface area contributed by atoms with Crippen LogP contribution in [0.25, 0.3) is 0 Å². The van der Waals surface area contributed by atoms with Crippen molar-refractivity contribution in [1.29, 1.82) is 0 Å². The fourth-order valence-electron chi connectivity index (χ4n) is 1.68. The Hall–Kier alpha value is -1.10. The summed E-state index contributed by atoms with van der Waals surface area (Å²) in [5, 5.41) is 14.1. The summed E-state index contributed by atoms with van der Waals surface area (Å²) in [5.74, 6) is -1.06. The van der Waals surface area contributed by atoms with Crippen LogP contribution in [0.1, 0.15) is 32.6 Å². The van der Waals surface area contributed by atoms with E-state index in [1.165, 1.54) is 19.8 Å². The van der Waals surface area contributed by atoms with Gasteiger partial charge in [0.05, 0.1) is 6.54 Å². The molecule has 1 aliphatic carbocycles. The summed E-state index contributed by atoms with van der Waals surface area (Å²) in [4.78, 5) is 21.8. The van der Waals surface area contributed by atoms with Crippen molar-refractivity contribution in [3.05, 3.63) is 0 Å². The lowest BCUT2D eigenvalue weighted by atomic mass is 10.2. The van der Waals surface area contributed by atoms with Gasteiger partial charge in [0.1, 0.15) is 6.04 Å². The molecule has 0 aliphatic heterocycles. The molecular formula is C10H18N2O3. The molecule has 1 amide bonds. The summed E-state index contributed by atoms with van der Waals surface area (Å²) in [5.41, 5.74) is 0. The summed E-state index contributed by atoms with van der Waals surface area (Å²) in [7, 11) is 0. The number of carboxylic acids is 1. The Balaban J connectivity index is 2.15. The number of hydrogen-bond acceptors (Lipinski definition) is 3. The third kappa shape index (κ3) is 4.29. The van der Waals surface area contributed by atoms with E-state index in [1.54, 1.807) is 0 Å². The average molecular weight is 214 g/mol. The van der Waals surface area contributed by atoms with Crippen LogP contribution >= 0.6 is 0 Å². The van der Waals surface area contributed by atoms with Crippen LogP contribution in [0.15, 0.2) is 0 Å². The second-order valence-electron chi connectivity index (χ2n) is 3.99. The van der Waals surface area contributed by atoms with Gasteiger partial charge in [0, 0.05) is 6.04 Å². The van der Waals surface area contributed by atoms with E-state index in [9.17, 15) is 9.59 Å². The average Bonchev–Trinajstić information content (AvgIpc) is 2.66. The molecule has 1 aliphatic rings. The molecule has 1 fully saturated rings. The SMILES string of the molecule is C[C@@H](NCC(=O)NC1CCCC1)C(=O)O. The zero-order valence-electron chi connectivity index (χ0n) is 8.95. The lowest BCUT2D eigenvalue weighted by molar-refractivity contribution is -0.139. The highest BCUT2D eigenvalue weighted by Gasteiger charge is 2.18. The molecule has 0 aromatic rings. The van der Waals surface area contributed by atoms with Crippen molar-refractivity contribution in [3.8, 4) is 0 Å². The van der Waals surface area contributed by atoms with Crippen molar-refractivity contribution >= 4 is 11.9 Å². The standard InChI is InChI=1S/C10H18N2O3/c1-7(10(14)15)11-6-9(13)12-8-4-2-3-5-8/h7-8,11H,2-6H2,1H3,(H,12,13)(H,14,15)/t7-/m1/s1. The van der Waals surface area contributed by atoms with Crippen molar-refractivity contribution in [1.82, 2.24) is 10.6 Å². The van der Waals surface area contributed by atoms with Gasteiger partial charge >= 0.3 is 5.97 Å². The minimum atomic E-state index is -0.941. The maximum Gasteiger partial charge on any atom is 0.320 e. The third-order valence-corrected chi connectivity index (χ3v) is 2.66. The Morgan fingerprint density at radius 2 is 2.00 bits per heavy atom. The van der Waals surface area contributed by atoms with Gasteiger partial charge in [-0.2, -0.15) is 0 Å². The van der Waals surface area contributed by atoms with Crippen LogP contribution in [-0.4, -0.2) is 35.6 Å². The Bertz CT molecular complexity index is 237. The van der Waals surface area contributed by atoms with Gasteiger partial charge in [-0.3, -0.25) is 14.9 Å². The summed E-state index contributed by atoms with van der Waals surface area (Å²) >= 11 is 0. The van der Waals surface area contributed by atoms with Gasteiger partial charge in [0.15, 0.2) is 0 Å². The van der Waals surface area contributed by atoms with Crippen molar-refractivity contribution in [2.75, 3.05) is 6.54 Å². The van der Waals surface area contributed by atoms with Crippen LogP contribution in [0.4, 0.5) is 0 Å². The van der Waals surface area contributed by atoms with E-state index in [-0.39, 0.29) is 12.5 Å². The summed E-state index contributed by atoms with van der Waals surface area (Å²) in [6.45, 7) is 1.59. The van der Waals surface area contributed by atoms with Crippen molar-refractivity contribution < 1.29 is 14.7 Å². The van der Waals surface area contributed by atoms with Crippen LogP contribution < -0.4 is 10.6 Å². The highest BCUT2D eigenvalue weighted by atomic mass is 16.4. The van der Waals surface area contributed by atoms with Crippen molar-refractivity contribution in [2.45, 2.75) is 44.7 Å². The lowest BCUT2D eigenvalue weighted by Crippen LogP contribution is -2.43. The largest absolute Gasteiger partial charge is 0.480 e. The number of aliphatic carboxylic acids is 1. The first-order valence-electron chi connectivity index (χ1n) is 5.35. The Kier molecular flexibility index (Phi) is 4.55. The number of rotatable bonds is 5. The molecule has 3 N–H and O–H groups in total. The molecule has 0 aromatic carbocycles. The number of carbonyl (C=O) groups is 2. The minimum Gasteiger partial charge on any atom is -0.480 e. The van der Waals surface area contributed by atoms with Gasteiger partial charge in [0.2, 0.25) is 5.91 Å². The number of hydrogen-bond donors (Lipinski definition) is 3. The van der Waals surface area contributed by atoms with Crippen LogP contribution in [0.3, 0.4) is 0 Å².